The van der Waals surface area contributed by atoms with Crippen LogP contribution in [0.2, 0.25) is 0 Å². The zero-order valence-corrected chi connectivity index (χ0v) is 8.48. The number of aliphatic hydroxyl groups is 5. The largest absolute Gasteiger partial charge is 0.467 e. The first-order valence-electron chi connectivity index (χ1n) is 4.31. The van der Waals surface area contributed by atoms with Crippen LogP contribution in [-0.4, -0.2) is 75.4 Å². The van der Waals surface area contributed by atoms with Gasteiger partial charge in [-0.1, -0.05) is 0 Å². The number of Topliss-reactive ketones (excluding diaryl/α,β-unsaturated/α-hetero) is 1. The minimum absolute atomic E-state index is 0.889. The molecule has 0 aliphatic heterocycles. The lowest BCUT2D eigenvalue weighted by Gasteiger charge is -2.21. The van der Waals surface area contributed by atoms with Crippen molar-refractivity contribution in [1.29, 1.82) is 0 Å². The summed E-state index contributed by atoms with van der Waals surface area (Å²) >= 11 is 0. The minimum atomic E-state index is -2.25. The highest BCUT2D eigenvalue weighted by molar-refractivity contribution is 6.03. The van der Waals surface area contributed by atoms with Crippen molar-refractivity contribution in [3.8, 4) is 0 Å². The van der Waals surface area contributed by atoms with Gasteiger partial charge in [-0.25, -0.2) is 4.79 Å². The molecule has 0 radical (unpaired) electrons. The van der Waals surface area contributed by atoms with E-state index in [1.54, 1.807) is 0 Å². The van der Waals surface area contributed by atoms with Gasteiger partial charge in [0.15, 0.2) is 0 Å². The maximum Gasteiger partial charge on any atom is 0.342 e. The Labute approximate surface area is 90.7 Å². The molecule has 0 bridgehead atoms. The zero-order chi connectivity index (χ0) is 12.9. The fourth-order valence-corrected chi connectivity index (χ4v) is 0.876. The van der Waals surface area contributed by atoms with E-state index in [0.29, 0.717) is 0 Å². The van der Waals surface area contributed by atoms with Gasteiger partial charge in [0.05, 0.1) is 13.7 Å². The van der Waals surface area contributed by atoms with Crippen molar-refractivity contribution in [2.45, 2.75) is 24.4 Å². The average Bonchev–Trinajstić information content (AvgIpc) is 2.32. The van der Waals surface area contributed by atoms with Crippen LogP contribution < -0.4 is 0 Å². The molecule has 94 valence electrons. The van der Waals surface area contributed by atoms with Crippen LogP contribution in [0.3, 0.4) is 0 Å². The second-order valence-electron chi connectivity index (χ2n) is 3.01. The van der Waals surface area contributed by atoms with Gasteiger partial charge in [0, 0.05) is 0 Å². The number of ether oxygens (including phenoxy) is 1. The van der Waals surface area contributed by atoms with Gasteiger partial charge in [0.2, 0.25) is 11.9 Å². The van der Waals surface area contributed by atoms with E-state index in [9.17, 15) is 9.59 Å². The summed E-state index contributed by atoms with van der Waals surface area (Å²) in [5.74, 6) is -2.72. The van der Waals surface area contributed by atoms with E-state index in [-0.39, 0.29) is 0 Å². The van der Waals surface area contributed by atoms with Gasteiger partial charge in [-0.2, -0.15) is 0 Å². The Hall–Kier alpha value is -1.06. The van der Waals surface area contributed by atoms with E-state index in [4.69, 9.17) is 25.5 Å². The summed E-state index contributed by atoms with van der Waals surface area (Å²) in [7, 11) is 0.921. The Bertz CT molecular complexity index is 252. The summed E-state index contributed by atoms with van der Waals surface area (Å²) in [6, 6.07) is 0. The summed E-state index contributed by atoms with van der Waals surface area (Å²) in [5.41, 5.74) is 0. The average molecular weight is 238 g/mol. The van der Waals surface area contributed by atoms with Gasteiger partial charge in [0.1, 0.15) is 18.3 Å². The van der Waals surface area contributed by atoms with E-state index in [0.717, 1.165) is 7.11 Å². The molecule has 0 spiro atoms. The molecule has 0 aromatic carbocycles. The summed E-state index contributed by atoms with van der Waals surface area (Å²) in [4.78, 5) is 21.9. The van der Waals surface area contributed by atoms with Gasteiger partial charge >= 0.3 is 5.97 Å². The molecule has 0 aromatic heterocycles. The molecule has 16 heavy (non-hydrogen) atoms. The van der Waals surface area contributed by atoms with E-state index in [1.807, 2.05) is 0 Å². The highest BCUT2D eigenvalue weighted by atomic mass is 16.5. The molecule has 1 unspecified atom stereocenters. The Kier molecular flexibility index (Phi) is 6.08. The number of carbonyl (C=O) groups is 2. The van der Waals surface area contributed by atoms with Gasteiger partial charge in [-0.15, -0.1) is 0 Å². The lowest BCUT2D eigenvalue weighted by Crippen LogP contribution is -2.49. The highest BCUT2D eigenvalue weighted by Crippen LogP contribution is 2.05. The van der Waals surface area contributed by atoms with E-state index in [1.165, 1.54) is 0 Å². The first-order valence-corrected chi connectivity index (χ1v) is 4.31. The maximum atomic E-state index is 11.2. The first-order chi connectivity index (χ1) is 7.36. The topological polar surface area (TPSA) is 145 Å². The van der Waals surface area contributed by atoms with Crippen LogP contribution in [0.5, 0.6) is 0 Å². The fraction of sp³-hybridized carbons (Fsp3) is 0.750. The SMILES string of the molecule is COC(=O)C(O)C(=O)[C@@H](O)[C@H](O)[C@H](O)CO. The van der Waals surface area contributed by atoms with Crippen LogP contribution >= 0.6 is 0 Å². The number of rotatable bonds is 6. The lowest BCUT2D eigenvalue weighted by molar-refractivity contribution is -0.163. The Morgan fingerprint density at radius 1 is 1.19 bits per heavy atom. The van der Waals surface area contributed by atoms with Crippen molar-refractivity contribution in [1.82, 2.24) is 0 Å². The standard InChI is InChI=1S/C8H14O8/c1-16-8(15)7(14)6(13)5(12)4(11)3(10)2-9/h3-5,7,9-12,14H,2H2,1H3/t3-,4-,5+,7?/m1/s1. The second kappa shape index (κ2) is 6.51. The Balaban J connectivity index is 4.54. The molecule has 0 fully saturated rings. The number of hydrogen-bond acceptors (Lipinski definition) is 8. The highest BCUT2D eigenvalue weighted by Gasteiger charge is 2.36. The third-order valence-electron chi connectivity index (χ3n) is 1.89. The molecule has 8 nitrogen and oxygen atoms in total. The molecule has 0 saturated heterocycles. The molecule has 8 heteroatoms. The van der Waals surface area contributed by atoms with Gasteiger partial charge < -0.3 is 30.3 Å². The van der Waals surface area contributed by atoms with Crippen molar-refractivity contribution >= 4 is 11.8 Å². The van der Waals surface area contributed by atoms with Crippen LogP contribution in [0, 0.1) is 0 Å². The minimum Gasteiger partial charge on any atom is -0.467 e. The Morgan fingerprint density at radius 3 is 2.06 bits per heavy atom. The Morgan fingerprint density at radius 2 is 1.69 bits per heavy atom. The molecule has 0 rings (SSSR count). The summed E-state index contributed by atoms with van der Waals surface area (Å²) in [5, 5.41) is 44.7. The molecule has 5 N–H and O–H groups in total. The van der Waals surface area contributed by atoms with Gasteiger partial charge in [-0.3, -0.25) is 4.79 Å². The van der Waals surface area contributed by atoms with E-state index >= 15 is 0 Å². The number of hydrogen-bond donors (Lipinski definition) is 5. The van der Waals surface area contributed by atoms with Crippen molar-refractivity contribution < 1.29 is 39.9 Å². The second-order valence-corrected chi connectivity index (χ2v) is 3.01. The van der Waals surface area contributed by atoms with Crippen LogP contribution in [-0.2, 0) is 14.3 Å². The maximum absolute atomic E-state index is 11.2. The van der Waals surface area contributed by atoms with Crippen LogP contribution in [0.1, 0.15) is 0 Å². The van der Waals surface area contributed by atoms with E-state index in [2.05, 4.69) is 4.74 Å². The summed E-state index contributed by atoms with van der Waals surface area (Å²) in [6.45, 7) is -0.889. The number of carbonyl (C=O) groups excluding carboxylic acids is 2. The summed E-state index contributed by atoms with van der Waals surface area (Å²) < 4.78 is 4.04. The molecule has 0 aliphatic rings. The predicted molar refractivity (Wildman–Crippen MR) is 48.1 cm³/mol. The first kappa shape index (κ1) is 14.9. The zero-order valence-electron chi connectivity index (χ0n) is 8.48. The normalized spacial score (nSPS) is 18.4. The van der Waals surface area contributed by atoms with Crippen LogP contribution in [0.4, 0.5) is 0 Å². The van der Waals surface area contributed by atoms with Gasteiger partial charge in [-0.05, 0) is 0 Å². The monoisotopic (exact) mass is 238 g/mol. The lowest BCUT2D eigenvalue weighted by atomic mass is 10.0. The van der Waals surface area contributed by atoms with Crippen LogP contribution in [0.15, 0.2) is 0 Å². The number of ketones is 1. The molecular formula is C8H14O8. The molecule has 0 aromatic rings. The fourth-order valence-electron chi connectivity index (χ4n) is 0.876. The number of aliphatic hydroxyl groups excluding tert-OH is 5. The molecule has 0 amide bonds. The van der Waals surface area contributed by atoms with Crippen LogP contribution in [0.25, 0.3) is 0 Å². The van der Waals surface area contributed by atoms with Crippen molar-refractivity contribution in [3.05, 3.63) is 0 Å². The van der Waals surface area contributed by atoms with Crippen molar-refractivity contribution in [2.24, 2.45) is 0 Å². The van der Waals surface area contributed by atoms with Gasteiger partial charge in [0.25, 0.3) is 0 Å². The smallest absolute Gasteiger partial charge is 0.342 e. The number of methoxy groups -OCH3 is 1. The molecular weight excluding hydrogens is 224 g/mol. The third-order valence-corrected chi connectivity index (χ3v) is 1.89. The van der Waals surface area contributed by atoms with Crippen molar-refractivity contribution in [3.63, 3.8) is 0 Å². The quantitative estimate of drug-likeness (QED) is 0.234. The molecule has 4 atom stereocenters. The molecule has 0 aliphatic carbocycles. The molecule has 0 saturated carbocycles. The number of esters is 1. The third kappa shape index (κ3) is 3.51. The van der Waals surface area contributed by atoms with Crippen molar-refractivity contribution in [2.75, 3.05) is 13.7 Å². The predicted octanol–water partition coefficient (Wildman–Crippen LogP) is -3.84. The van der Waals surface area contributed by atoms with E-state index < -0.39 is 42.8 Å². The summed E-state index contributed by atoms with van der Waals surface area (Å²) in [6.07, 6.45) is -8.21. The molecule has 0 heterocycles.